The Bertz CT molecular complexity index is 967. The number of para-hydroxylation sites is 1. The Morgan fingerprint density at radius 1 is 1.13 bits per heavy atom. The van der Waals surface area contributed by atoms with Crippen molar-refractivity contribution in [1.82, 2.24) is 19.9 Å². The number of hydrogen-bond acceptors (Lipinski definition) is 5. The van der Waals surface area contributed by atoms with Crippen LogP contribution in [-0.4, -0.2) is 65.2 Å². The summed E-state index contributed by atoms with van der Waals surface area (Å²) in [5.74, 6) is 0.449. The molecule has 1 aliphatic heterocycles. The van der Waals surface area contributed by atoms with Gasteiger partial charge in [0.15, 0.2) is 5.65 Å². The summed E-state index contributed by atoms with van der Waals surface area (Å²) in [6.45, 7) is 5.44. The van der Waals surface area contributed by atoms with Crippen LogP contribution in [0.15, 0.2) is 42.6 Å². The molecule has 0 atom stereocenters. The minimum atomic E-state index is -0.512. The van der Waals surface area contributed by atoms with Gasteiger partial charge in [0.25, 0.3) is 0 Å². The fourth-order valence-electron chi connectivity index (χ4n) is 3.81. The highest BCUT2D eigenvalue weighted by molar-refractivity contribution is 6.33. The first-order valence-electron chi connectivity index (χ1n) is 10.2. The number of primary amides is 1. The molecule has 2 aromatic heterocycles. The maximum absolute atomic E-state index is 11.9. The second kappa shape index (κ2) is 9.32. The number of nitrogens with one attached hydrogen (secondary N) is 1. The number of nitrogens with zero attached hydrogens (tertiary/aromatic N) is 5. The van der Waals surface area contributed by atoms with Crippen molar-refractivity contribution < 1.29 is 4.79 Å². The van der Waals surface area contributed by atoms with Gasteiger partial charge in [-0.15, -0.1) is 0 Å². The number of piperazine rings is 1. The molecule has 1 aliphatic rings. The number of carbonyl (C=O) groups excluding carboxylic acids is 1. The minimum absolute atomic E-state index is 0.449. The second-order valence-electron chi connectivity index (χ2n) is 7.41. The summed E-state index contributed by atoms with van der Waals surface area (Å²) < 4.78 is 0. The third-order valence-electron chi connectivity index (χ3n) is 5.44. The lowest BCUT2D eigenvalue weighted by Crippen LogP contribution is -2.46. The monoisotopic (exact) mass is 427 g/mol. The first kappa shape index (κ1) is 20.4. The SMILES string of the molecule is NC(=O)N(CCCCN1CCN(c2ccccc2Cl)CC1)c1nc2ncccc2[nH]1. The van der Waals surface area contributed by atoms with E-state index in [1.165, 1.54) is 4.90 Å². The number of unbranched alkanes of at least 4 members (excludes halogenated alkanes) is 1. The fourth-order valence-corrected chi connectivity index (χ4v) is 4.06. The van der Waals surface area contributed by atoms with Crippen molar-refractivity contribution in [3.8, 4) is 0 Å². The standard InChI is InChI=1S/C21H26ClN7O/c22-16-6-1-2-8-18(16)28-14-12-27(13-15-28)10-3-4-11-29(20(23)30)21-25-17-7-5-9-24-19(17)26-21/h1-2,5-9H,3-4,10-15H2,(H2,23,30)(H,24,25,26). The van der Waals surface area contributed by atoms with E-state index in [0.717, 1.165) is 61.8 Å². The Balaban J connectivity index is 1.24. The molecule has 30 heavy (non-hydrogen) atoms. The molecule has 3 N–H and O–H groups in total. The molecule has 0 bridgehead atoms. The van der Waals surface area contributed by atoms with E-state index >= 15 is 0 Å². The predicted octanol–water partition coefficient (Wildman–Crippen LogP) is 3.10. The Morgan fingerprint density at radius 3 is 2.67 bits per heavy atom. The number of aromatic nitrogens is 3. The van der Waals surface area contributed by atoms with Crippen LogP contribution < -0.4 is 15.5 Å². The molecule has 0 spiro atoms. The van der Waals surface area contributed by atoms with E-state index < -0.39 is 6.03 Å². The van der Waals surface area contributed by atoms with Crippen molar-refractivity contribution in [2.24, 2.45) is 5.73 Å². The molecule has 2 amide bonds. The molecule has 9 heteroatoms. The van der Waals surface area contributed by atoms with Gasteiger partial charge in [0.1, 0.15) is 0 Å². The zero-order valence-electron chi connectivity index (χ0n) is 16.8. The number of urea groups is 1. The van der Waals surface area contributed by atoms with Crippen LogP contribution in [0.2, 0.25) is 5.02 Å². The number of carbonyl (C=O) groups is 1. The summed E-state index contributed by atoms with van der Waals surface area (Å²) in [6, 6.07) is 11.2. The van der Waals surface area contributed by atoms with E-state index in [1.54, 1.807) is 6.20 Å². The van der Waals surface area contributed by atoms with Crippen molar-refractivity contribution in [3.63, 3.8) is 0 Å². The van der Waals surface area contributed by atoms with Gasteiger partial charge in [0.05, 0.1) is 16.2 Å². The average molecular weight is 428 g/mol. The van der Waals surface area contributed by atoms with Gasteiger partial charge >= 0.3 is 6.03 Å². The molecular formula is C21H26ClN7O. The molecule has 8 nitrogen and oxygen atoms in total. The number of amides is 2. The molecule has 1 aromatic carbocycles. The molecule has 158 valence electrons. The molecule has 3 heterocycles. The van der Waals surface area contributed by atoms with Gasteiger partial charge in [0.2, 0.25) is 5.95 Å². The van der Waals surface area contributed by atoms with E-state index in [4.69, 9.17) is 17.3 Å². The third-order valence-corrected chi connectivity index (χ3v) is 5.76. The maximum Gasteiger partial charge on any atom is 0.321 e. The molecule has 4 rings (SSSR count). The summed E-state index contributed by atoms with van der Waals surface area (Å²) in [5.41, 5.74) is 8.05. The number of H-pyrrole nitrogens is 1. The number of halogens is 1. The van der Waals surface area contributed by atoms with Gasteiger partial charge in [-0.05, 0) is 43.7 Å². The largest absolute Gasteiger partial charge is 0.368 e. The highest BCUT2D eigenvalue weighted by atomic mass is 35.5. The van der Waals surface area contributed by atoms with Crippen LogP contribution in [0.5, 0.6) is 0 Å². The van der Waals surface area contributed by atoms with E-state index in [0.29, 0.717) is 18.1 Å². The van der Waals surface area contributed by atoms with Crippen LogP contribution >= 0.6 is 11.6 Å². The number of rotatable bonds is 7. The van der Waals surface area contributed by atoms with Gasteiger partial charge in [-0.3, -0.25) is 9.80 Å². The van der Waals surface area contributed by atoms with Crippen molar-refractivity contribution in [2.75, 3.05) is 49.1 Å². The van der Waals surface area contributed by atoms with Crippen LogP contribution in [0, 0.1) is 0 Å². The molecule has 1 fully saturated rings. The Kier molecular flexibility index (Phi) is 6.35. The van der Waals surface area contributed by atoms with Crippen LogP contribution in [0.4, 0.5) is 16.4 Å². The molecule has 0 unspecified atom stereocenters. The van der Waals surface area contributed by atoms with Crippen molar-refractivity contribution >= 4 is 40.4 Å². The highest BCUT2D eigenvalue weighted by Crippen LogP contribution is 2.26. The predicted molar refractivity (Wildman–Crippen MR) is 120 cm³/mol. The van der Waals surface area contributed by atoms with Crippen molar-refractivity contribution in [2.45, 2.75) is 12.8 Å². The molecule has 0 radical (unpaired) electrons. The number of imidazole rings is 1. The first-order valence-corrected chi connectivity index (χ1v) is 10.6. The number of fused-ring (bicyclic) bond motifs is 1. The number of aromatic amines is 1. The first-order chi connectivity index (χ1) is 14.6. The number of benzene rings is 1. The summed E-state index contributed by atoms with van der Waals surface area (Å²) in [7, 11) is 0. The quantitative estimate of drug-likeness (QED) is 0.565. The number of anilines is 2. The Morgan fingerprint density at radius 2 is 1.93 bits per heavy atom. The summed E-state index contributed by atoms with van der Waals surface area (Å²) in [5, 5.41) is 0.804. The van der Waals surface area contributed by atoms with E-state index in [-0.39, 0.29) is 0 Å². The van der Waals surface area contributed by atoms with E-state index in [9.17, 15) is 4.79 Å². The zero-order chi connectivity index (χ0) is 20.9. The van der Waals surface area contributed by atoms with E-state index in [2.05, 4.69) is 30.8 Å². The van der Waals surface area contributed by atoms with E-state index in [1.807, 2.05) is 30.3 Å². The lowest BCUT2D eigenvalue weighted by atomic mass is 10.2. The van der Waals surface area contributed by atoms with Crippen LogP contribution in [0.1, 0.15) is 12.8 Å². The van der Waals surface area contributed by atoms with Gasteiger partial charge in [-0.1, -0.05) is 23.7 Å². The zero-order valence-corrected chi connectivity index (χ0v) is 17.6. The average Bonchev–Trinajstić information content (AvgIpc) is 3.18. The fraction of sp³-hybridized carbons (Fsp3) is 0.381. The Hall–Kier alpha value is -2.84. The van der Waals surface area contributed by atoms with Gasteiger partial charge in [-0.2, -0.15) is 4.98 Å². The lowest BCUT2D eigenvalue weighted by Gasteiger charge is -2.36. The van der Waals surface area contributed by atoms with Crippen LogP contribution in [-0.2, 0) is 0 Å². The van der Waals surface area contributed by atoms with Crippen molar-refractivity contribution in [1.29, 1.82) is 0 Å². The number of hydrogen-bond donors (Lipinski definition) is 2. The highest BCUT2D eigenvalue weighted by Gasteiger charge is 2.19. The third kappa shape index (κ3) is 4.66. The molecule has 3 aromatic rings. The lowest BCUT2D eigenvalue weighted by molar-refractivity contribution is 0.249. The number of nitrogens with two attached hydrogens (primary N) is 1. The van der Waals surface area contributed by atoms with Crippen LogP contribution in [0.25, 0.3) is 11.2 Å². The summed E-state index contributed by atoms with van der Waals surface area (Å²) in [6.07, 6.45) is 3.50. The minimum Gasteiger partial charge on any atom is -0.368 e. The summed E-state index contributed by atoms with van der Waals surface area (Å²) >= 11 is 6.32. The number of pyridine rings is 1. The second-order valence-corrected chi connectivity index (χ2v) is 7.82. The van der Waals surface area contributed by atoms with Crippen LogP contribution in [0.3, 0.4) is 0 Å². The van der Waals surface area contributed by atoms with Gasteiger partial charge in [0, 0.05) is 38.9 Å². The molecular weight excluding hydrogens is 402 g/mol. The molecule has 0 aliphatic carbocycles. The molecule has 1 saturated heterocycles. The van der Waals surface area contributed by atoms with Crippen molar-refractivity contribution in [3.05, 3.63) is 47.6 Å². The smallest absolute Gasteiger partial charge is 0.321 e. The summed E-state index contributed by atoms with van der Waals surface area (Å²) in [4.78, 5) is 29.9. The molecule has 0 saturated carbocycles. The normalized spacial score (nSPS) is 14.9. The maximum atomic E-state index is 11.9. The topological polar surface area (TPSA) is 94.4 Å². The van der Waals surface area contributed by atoms with Gasteiger partial charge < -0.3 is 15.6 Å². The Labute approximate surface area is 180 Å². The van der Waals surface area contributed by atoms with Gasteiger partial charge in [-0.25, -0.2) is 9.78 Å².